The Bertz CT molecular complexity index is 1340. The molecule has 0 aliphatic carbocycles. The number of carbonyl (C=O) groups is 1. The molecule has 4 aromatic rings. The van der Waals surface area contributed by atoms with Gasteiger partial charge >= 0.3 is 12.1 Å². The Morgan fingerprint density at radius 2 is 1.90 bits per heavy atom. The number of pyridine rings is 1. The lowest BCUT2D eigenvalue weighted by Gasteiger charge is -2.17. The molecule has 0 bridgehead atoms. The van der Waals surface area contributed by atoms with Gasteiger partial charge in [-0.15, -0.1) is 11.3 Å². The molecular formula is C20H13F3N2O3S. The summed E-state index contributed by atoms with van der Waals surface area (Å²) >= 11 is 1.49. The van der Waals surface area contributed by atoms with Crippen LogP contribution in [0.25, 0.3) is 26.7 Å². The Kier molecular flexibility index (Phi) is 4.34. The van der Waals surface area contributed by atoms with Crippen molar-refractivity contribution < 1.29 is 22.7 Å². The van der Waals surface area contributed by atoms with Gasteiger partial charge in [-0.05, 0) is 47.2 Å². The van der Waals surface area contributed by atoms with Gasteiger partial charge in [-0.2, -0.15) is 13.2 Å². The molecule has 5 nitrogen and oxygen atoms in total. The first kappa shape index (κ1) is 19.0. The Morgan fingerprint density at radius 1 is 1.14 bits per heavy atom. The first-order valence-corrected chi connectivity index (χ1v) is 9.21. The van der Waals surface area contributed by atoms with E-state index in [4.69, 9.17) is 5.73 Å². The van der Waals surface area contributed by atoms with E-state index >= 15 is 0 Å². The second-order valence-corrected chi connectivity index (χ2v) is 7.24. The van der Waals surface area contributed by atoms with Crippen LogP contribution in [0.1, 0.15) is 15.9 Å². The highest BCUT2D eigenvalue weighted by Gasteiger charge is 2.32. The van der Waals surface area contributed by atoms with Crippen molar-refractivity contribution in [3.63, 3.8) is 0 Å². The molecule has 0 atom stereocenters. The molecule has 2 aromatic carbocycles. The van der Waals surface area contributed by atoms with E-state index in [1.165, 1.54) is 11.3 Å². The number of aromatic nitrogens is 1. The summed E-state index contributed by atoms with van der Waals surface area (Å²) in [6.07, 6.45) is -4.61. The van der Waals surface area contributed by atoms with E-state index in [9.17, 15) is 22.8 Å². The number of carbonyl (C=O) groups excluding carboxylic acids is 1. The van der Waals surface area contributed by atoms with Crippen LogP contribution in [0.2, 0.25) is 0 Å². The molecule has 0 spiro atoms. The van der Waals surface area contributed by atoms with Gasteiger partial charge in [-0.1, -0.05) is 6.07 Å². The molecule has 0 amide bonds. The Hall–Kier alpha value is -3.33. The summed E-state index contributed by atoms with van der Waals surface area (Å²) < 4.78 is 46.5. The van der Waals surface area contributed by atoms with Crippen LogP contribution in [0.4, 0.5) is 18.9 Å². The third-order valence-electron chi connectivity index (χ3n) is 4.63. The molecule has 0 saturated heterocycles. The Balaban J connectivity index is 2.16. The lowest BCUT2D eigenvalue weighted by molar-refractivity contribution is -0.137. The molecular weight excluding hydrogens is 405 g/mol. The van der Waals surface area contributed by atoms with Crippen LogP contribution in [-0.2, 0) is 10.9 Å². The first-order valence-electron chi connectivity index (χ1n) is 8.33. The topological polar surface area (TPSA) is 74.3 Å². The van der Waals surface area contributed by atoms with Crippen LogP contribution in [0.3, 0.4) is 0 Å². The van der Waals surface area contributed by atoms with E-state index in [2.05, 4.69) is 4.74 Å². The number of anilines is 1. The van der Waals surface area contributed by atoms with Crippen molar-refractivity contribution in [3.05, 3.63) is 69.3 Å². The number of esters is 1. The maximum atomic E-state index is 13.3. The number of benzene rings is 2. The van der Waals surface area contributed by atoms with Crippen LogP contribution in [0.15, 0.2) is 52.6 Å². The zero-order valence-corrected chi connectivity index (χ0v) is 15.7. The molecule has 2 aromatic heterocycles. The number of ether oxygens (including phenoxy) is 1. The Labute approximate surface area is 165 Å². The van der Waals surface area contributed by atoms with Crippen LogP contribution >= 0.6 is 11.3 Å². The zero-order valence-electron chi connectivity index (χ0n) is 14.9. The molecule has 9 heteroatoms. The highest BCUT2D eigenvalue weighted by molar-refractivity contribution is 7.17. The number of thiophene rings is 1. The molecule has 0 aliphatic heterocycles. The van der Waals surface area contributed by atoms with Crippen molar-refractivity contribution in [1.29, 1.82) is 0 Å². The molecule has 0 fully saturated rings. The number of nitrogens with two attached hydrogens (primary N) is 1. The van der Waals surface area contributed by atoms with E-state index in [1.54, 1.807) is 18.2 Å². The molecule has 0 aliphatic rings. The number of nitrogens with zero attached hydrogens (tertiary/aromatic N) is 1. The second kappa shape index (κ2) is 6.63. The molecule has 0 saturated carbocycles. The summed E-state index contributed by atoms with van der Waals surface area (Å²) in [5, 5.41) is 2.82. The molecule has 0 unspecified atom stereocenters. The summed E-state index contributed by atoms with van der Waals surface area (Å²) in [4.78, 5) is 25.3. The van der Waals surface area contributed by atoms with E-state index in [0.29, 0.717) is 5.69 Å². The summed E-state index contributed by atoms with van der Waals surface area (Å²) in [6.45, 7) is 0. The summed E-state index contributed by atoms with van der Waals surface area (Å²) in [7, 11) is 1.10. The second-order valence-electron chi connectivity index (χ2n) is 6.29. The largest absolute Gasteiger partial charge is 0.465 e. The lowest BCUT2D eigenvalue weighted by Crippen LogP contribution is -2.28. The van der Waals surface area contributed by atoms with Gasteiger partial charge in [-0.3, -0.25) is 9.36 Å². The fraction of sp³-hybridized carbons (Fsp3) is 0.100. The van der Waals surface area contributed by atoms with Gasteiger partial charge in [0.05, 0.1) is 23.9 Å². The van der Waals surface area contributed by atoms with E-state index in [0.717, 1.165) is 40.0 Å². The van der Waals surface area contributed by atoms with Gasteiger partial charge in [0.1, 0.15) is 5.56 Å². The van der Waals surface area contributed by atoms with Crippen LogP contribution in [-0.4, -0.2) is 17.6 Å². The van der Waals surface area contributed by atoms with Gasteiger partial charge in [0.25, 0.3) is 5.56 Å². The zero-order chi connectivity index (χ0) is 20.9. The highest BCUT2D eigenvalue weighted by atomic mass is 32.1. The number of alkyl halides is 3. The van der Waals surface area contributed by atoms with E-state index in [1.807, 2.05) is 11.4 Å². The van der Waals surface area contributed by atoms with Crippen LogP contribution in [0, 0.1) is 0 Å². The summed E-state index contributed by atoms with van der Waals surface area (Å²) in [6, 6.07) is 9.73. The van der Waals surface area contributed by atoms with Gasteiger partial charge in [0, 0.05) is 15.8 Å². The molecule has 2 heterocycles. The fourth-order valence-electron chi connectivity index (χ4n) is 3.24. The smallest absolute Gasteiger partial charge is 0.416 e. The number of rotatable bonds is 2. The van der Waals surface area contributed by atoms with Crippen LogP contribution in [0.5, 0.6) is 0 Å². The monoisotopic (exact) mass is 418 g/mol. The van der Waals surface area contributed by atoms with Crippen molar-refractivity contribution in [1.82, 2.24) is 4.57 Å². The molecule has 4 rings (SSSR count). The predicted molar refractivity (Wildman–Crippen MR) is 106 cm³/mol. The highest BCUT2D eigenvalue weighted by Crippen LogP contribution is 2.34. The Morgan fingerprint density at radius 3 is 2.59 bits per heavy atom. The predicted octanol–water partition coefficient (Wildman–Crippen LogP) is 4.59. The minimum atomic E-state index is -4.61. The first-order chi connectivity index (χ1) is 13.7. The molecule has 29 heavy (non-hydrogen) atoms. The molecule has 0 radical (unpaired) electrons. The number of hydrogen-bond donors (Lipinski definition) is 1. The van der Waals surface area contributed by atoms with Gasteiger partial charge < -0.3 is 10.5 Å². The molecule has 148 valence electrons. The third kappa shape index (κ3) is 3.03. The van der Waals surface area contributed by atoms with Crippen molar-refractivity contribution in [2.45, 2.75) is 6.18 Å². The SMILES string of the molecule is COC(=O)c1c(N)c2ccc(C(F)(F)F)cc2n(-c2ccc3sccc3c2)c1=O. The molecule has 2 N–H and O–H groups in total. The maximum Gasteiger partial charge on any atom is 0.416 e. The minimum absolute atomic E-state index is 0.0513. The normalized spacial score (nSPS) is 11.9. The minimum Gasteiger partial charge on any atom is -0.465 e. The average molecular weight is 418 g/mol. The quantitative estimate of drug-likeness (QED) is 0.483. The summed E-state index contributed by atoms with van der Waals surface area (Å²) in [5.74, 6) is -0.959. The van der Waals surface area contributed by atoms with E-state index in [-0.39, 0.29) is 16.6 Å². The number of hydrogen-bond acceptors (Lipinski definition) is 5. The van der Waals surface area contributed by atoms with Gasteiger partial charge in [0.15, 0.2) is 0 Å². The fourth-order valence-corrected chi connectivity index (χ4v) is 4.01. The third-order valence-corrected chi connectivity index (χ3v) is 5.52. The number of nitrogen functional groups attached to an aromatic ring is 1. The van der Waals surface area contributed by atoms with Gasteiger partial charge in [-0.25, -0.2) is 4.79 Å². The summed E-state index contributed by atoms with van der Waals surface area (Å²) in [5.41, 5.74) is 3.82. The maximum absolute atomic E-state index is 13.3. The number of halogens is 3. The van der Waals surface area contributed by atoms with Crippen molar-refractivity contribution >= 4 is 44.0 Å². The lowest BCUT2D eigenvalue weighted by atomic mass is 10.0. The number of fused-ring (bicyclic) bond motifs is 2. The van der Waals surface area contributed by atoms with Crippen molar-refractivity contribution in [2.75, 3.05) is 12.8 Å². The van der Waals surface area contributed by atoms with Gasteiger partial charge in [0.2, 0.25) is 0 Å². The van der Waals surface area contributed by atoms with Crippen molar-refractivity contribution in [3.8, 4) is 5.69 Å². The standard InChI is InChI=1S/C20H13F3N2O3S/c1-28-19(27)16-17(24)13-4-2-11(20(21,22)23)9-14(13)25(18(16)26)12-3-5-15-10(8-12)6-7-29-15/h2-9H,24H2,1H3. The van der Waals surface area contributed by atoms with Crippen molar-refractivity contribution in [2.24, 2.45) is 0 Å². The van der Waals surface area contributed by atoms with Crippen LogP contribution < -0.4 is 11.3 Å². The van der Waals surface area contributed by atoms with E-state index < -0.39 is 28.8 Å². The average Bonchev–Trinajstić information content (AvgIpc) is 3.14. The number of methoxy groups -OCH3 is 1.